The Balaban J connectivity index is 4.61. The summed E-state index contributed by atoms with van der Waals surface area (Å²) in [6.45, 7) is 3.96. The van der Waals surface area contributed by atoms with E-state index in [2.05, 4.69) is 10.5 Å². The van der Waals surface area contributed by atoms with E-state index in [9.17, 15) is 9.70 Å². The maximum atomic E-state index is 11.6. The molecule has 0 radical (unpaired) electrons. The van der Waals surface area contributed by atoms with E-state index < -0.39 is 0 Å². The normalized spacial score (nSPS) is 13.4. The lowest BCUT2D eigenvalue weighted by Crippen LogP contribution is -2.40. The van der Waals surface area contributed by atoms with Crippen molar-refractivity contribution in [3.8, 4) is 0 Å². The molecule has 1 atom stereocenters. The summed E-state index contributed by atoms with van der Waals surface area (Å²) in [4.78, 5) is 21.8. The molecule has 82 valence electrons. The van der Waals surface area contributed by atoms with Crippen molar-refractivity contribution in [2.45, 2.75) is 13.8 Å². The van der Waals surface area contributed by atoms with Crippen LogP contribution in [0.25, 0.3) is 0 Å². The Morgan fingerprint density at radius 1 is 1.57 bits per heavy atom. The second kappa shape index (κ2) is 6.01. The number of hydrogen-bond acceptors (Lipinski definition) is 4. The first kappa shape index (κ1) is 13.4. The van der Waals surface area contributed by atoms with E-state index in [1.807, 2.05) is 20.1 Å². The maximum Gasteiger partial charge on any atom is 0.224 e. The number of amides is 1. The van der Waals surface area contributed by atoms with Crippen molar-refractivity contribution in [2.24, 2.45) is 16.5 Å². The largest absolute Gasteiger partial charge is 0.359 e. The molecule has 1 amide bonds. The van der Waals surface area contributed by atoms with Crippen LogP contribution in [0.1, 0.15) is 13.8 Å². The summed E-state index contributed by atoms with van der Waals surface area (Å²) in [7, 11) is 1.61. The topological polar surface area (TPSA) is 58.5 Å². The van der Waals surface area contributed by atoms with Crippen LogP contribution in [0.3, 0.4) is 0 Å². The zero-order valence-corrected chi connectivity index (χ0v) is 9.98. The van der Waals surface area contributed by atoms with Crippen LogP contribution < -0.4 is 5.32 Å². The first-order valence-corrected chi connectivity index (χ1v) is 5.88. The van der Waals surface area contributed by atoms with Gasteiger partial charge in [0.2, 0.25) is 5.91 Å². The number of carbonyl (C=O) groups excluding carboxylic acids is 1. The minimum atomic E-state index is -0.370. The van der Waals surface area contributed by atoms with Gasteiger partial charge in [-0.1, -0.05) is 19.0 Å². The Morgan fingerprint density at radius 2 is 2.14 bits per heavy atom. The van der Waals surface area contributed by atoms with Gasteiger partial charge < -0.3 is 5.32 Å². The SMILES string of the molecule is CNC(=O)C(CSC)C(C)(C)CN=O. The number of rotatable bonds is 6. The fraction of sp³-hybridized carbons (Fsp3) is 0.889. The van der Waals surface area contributed by atoms with Crippen LogP contribution in [0.15, 0.2) is 5.18 Å². The molecular formula is C9H18N2O2S. The minimum absolute atomic E-state index is 0.0204. The molecule has 0 fully saturated rings. The predicted molar refractivity (Wildman–Crippen MR) is 60.4 cm³/mol. The summed E-state index contributed by atoms with van der Waals surface area (Å²) in [6.07, 6.45) is 1.94. The summed E-state index contributed by atoms with van der Waals surface area (Å²) >= 11 is 1.60. The van der Waals surface area contributed by atoms with Gasteiger partial charge in [0.25, 0.3) is 0 Å². The highest BCUT2D eigenvalue weighted by Gasteiger charge is 2.34. The zero-order valence-electron chi connectivity index (χ0n) is 9.16. The molecule has 0 bridgehead atoms. The van der Waals surface area contributed by atoms with Crippen LogP contribution in [-0.2, 0) is 4.79 Å². The second-order valence-electron chi connectivity index (χ2n) is 3.90. The van der Waals surface area contributed by atoms with Crippen molar-refractivity contribution in [2.75, 3.05) is 25.6 Å². The summed E-state index contributed by atoms with van der Waals surface area (Å²) in [5.74, 6) is 0.524. The highest BCUT2D eigenvalue weighted by atomic mass is 32.2. The van der Waals surface area contributed by atoms with Gasteiger partial charge in [0.1, 0.15) is 0 Å². The molecule has 0 saturated heterocycles. The molecule has 5 heteroatoms. The Morgan fingerprint density at radius 3 is 2.50 bits per heavy atom. The quantitative estimate of drug-likeness (QED) is 0.687. The second-order valence-corrected chi connectivity index (χ2v) is 4.81. The first-order valence-electron chi connectivity index (χ1n) is 4.49. The van der Waals surface area contributed by atoms with Gasteiger partial charge in [-0.25, -0.2) is 0 Å². The summed E-state index contributed by atoms with van der Waals surface area (Å²) in [6, 6.07) is 0. The lowest BCUT2D eigenvalue weighted by Gasteiger charge is -2.30. The third kappa shape index (κ3) is 3.65. The van der Waals surface area contributed by atoms with Crippen molar-refractivity contribution in [1.82, 2.24) is 5.32 Å². The van der Waals surface area contributed by atoms with Crippen molar-refractivity contribution in [3.63, 3.8) is 0 Å². The Kier molecular flexibility index (Phi) is 5.76. The molecule has 4 nitrogen and oxygen atoms in total. The number of thioether (sulfide) groups is 1. The molecule has 0 aliphatic carbocycles. The van der Waals surface area contributed by atoms with E-state index in [0.29, 0.717) is 5.75 Å². The van der Waals surface area contributed by atoms with Crippen LogP contribution in [0.4, 0.5) is 0 Å². The van der Waals surface area contributed by atoms with Crippen LogP contribution in [-0.4, -0.2) is 31.5 Å². The van der Waals surface area contributed by atoms with Crippen LogP contribution in [0.2, 0.25) is 0 Å². The van der Waals surface area contributed by atoms with Gasteiger partial charge in [0.15, 0.2) is 0 Å². The van der Waals surface area contributed by atoms with Gasteiger partial charge in [-0.2, -0.15) is 16.7 Å². The highest BCUT2D eigenvalue weighted by molar-refractivity contribution is 7.98. The van der Waals surface area contributed by atoms with Crippen molar-refractivity contribution in [3.05, 3.63) is 4.91 Å². The van der Waals surface area contributed by atoms with Gasteiger partial charge in [0, 0.05) is 18.2 Å². The maximum absolute atomic E-state index is 11.6. The molecule has 14 heavy (non-hydrogen) atoms. The van der Waals surface area contributed by atoms with E-state index in [1.54, 1.807) is 18.8 Å². The third-order valence-electron chi connectivity index (χ3n) is 2.31. The average Bonchev–Trinajstić information content (AvgIpc) is 2.12. The number of nitrogens with zero attached hydrogens (tertiary/aromatic N) is 1. The lowest BCUT2D eigenvalue weighted by molar-refractivity contribution is -0.126. The molecule has 1 N–H and O–H groups in total. The smallest absolute Gasteiger partial charge is 0.224 e. The monoisotopic (exact) mass is 218 g/mol. The van der Waals surface area contributed by atoms with E-state index in [-0.39, 0.29) is 23.8 Å². The predicted octanol–water partition coefficient (Wildman–Crippen LogP) is 1.50. The fourth-order valence-corrected chi connectivity index (χ4v) is 2.21. The molecule has 1 unspecified atom stereocenters. The standard InChI is InChI=1S/C9H18N2O2S/c1-9(2,6-11-13)7(5-14-4)8(12)10-3/h7H,5-6H2,1-4H3,(H,10,12). The lowest BCUT2D eigenvalue weighted by atomic mass is 9.79. The average molecular weight is 218 g/mol. The van der Waals surface area contributed by atoms with E-state index in [0.717, 1.165) is 0 Å². The Bertz CT molecular complexity index is 207. The van der Waals surface area contributed by atoms with Crippen LogP contribution in [0, 0.1) is 16.2 Å². The van der Waals surface area contributed by atoms with Crippen molar-refractivity contribution < 1.29 is 4.79 Å². The van der Waals surface area contributed by atoms with Crippen LogP contribution in [0.5, 0.6) is 0 Å². The molecule has 0 saturated carbocycles. The highest BCUT2D eigenvalue weighted by Crippen LogP contribution is 2.29. The summed E-state index contributed by atoms with van der Waals surface area (Å²) in [5.41, 5.74) is -0.370. The molecule has 0 aliphatic rings. The summed E-state index contributed by atoms with van der Waals surface area (Å²) in [5, 5.41) is 5.51. The van der Waals surface area contributed by atoms with Crippen molar-refractivity contribution >= 4 is 17.7 Å². The van der Waals surface area contributed by atoms with Gasteiger partial charge >= 0.3 is 0 Å². The van der Waals surface area contributed by atoms with Gasteiger partial charge in [0.05, 0.1) is 12.5 Å². The number of carbonyl (C=O) groups is 1. The molecule has 0 aromatic carbocycles. The third-order valence-corrected chi connectivity index (χ3v) is 2.98. The Hall–Kier alpha value is -0.580. The molecule has 0 spiro atoms. The molecule has 0 aromatic heterocycles. The minimum Gasteiger partial charge on any atom is -0.359 e. The molecular weight excluding hydrogens is 200 g/mol. The van der Waals surface area contributed by atoms with E-state index >= 15 is 0 Å². The van der Waals surface area contributed by atoms with Crippen LogP contribution >= 0.6 is 11.8 Å². The van der Waals surface area contributed by atoms with Gasteiger partial charge in [-0.15, -0.1) is 0 Å². The van der Waals surface area contributed by atoms with Gasteiger partial charge in [-0.05, 0) is 6.26 Å². The zero-order chi connectivity index (χ0) is 11.2. The first-order chi connectivity index (χ1) is 6.49. The Labute approximate surface area is 89.2 Å². The van der Waals surface area contributed by atoms with E-state index in [4.69, 9.17) is 0 Å². The molecule has 0 heterocycles. The summed E-state index contributed by atoms with van der Waals surface area (Å²) < 4.78 is 0. The van der Waals surface area contributed by atoms with Crippen molar-refractivity contribution in [1.29, 1.82) is 0 Å². The molecule has 0 aliphatic heterocycles. The fourth-order valence-electron chi connectivity index (χ4n) is 1.27. The molecule has 0 rings (SSSR count). The number of nitrogens with one attached hydrogen (secondary N) is 1. The molecule has 0 aromatic rings. The van der Waals surface area contributed by atoms with Gasteiger partial charge in [-0.3, -0.25) is 4.79 Å². The van der Waals surface area contributed by atoms with E-state index in [1.165, 1.54) is 0 Å². The number of hydrogen-bond donors (Lipinski definition) is 1. The number of nitroso groups, excluding NO2 is 1.